The molecule has 2 aliphatic rings. The van der Waals surface area contributed by atoms with Crippen molar-refractivity contribution in [1.29, 1.82) is 0 Å². The lowest BCUT2D eigenvalue weighted by molar-refractivity contribution is 0.266. The molecule has 1 aromatic carbocycles. The summed E-state index contributed by atoms with van der Waals surface area (Å²) >= 11 is 0. The number of nitrogens with zero attached hydrogens (tertiary/aromatic N) is 4. The molecule has 6 heteroatoms. The van der Waals surface area contributed by atoms with Crippen LogP contribution in [-0.4, -0.2) is 53.4 Å². The summed E-state index contributed by atoms with van der Waals surface area (Å²) in [6.45, 7) is 5.26. The van der Waals surface area contributed by atoms with Crippen LogP contribution in [0.4, 0.5) is 17.3 Å². The number of hydrogen-bond acceptors (Lipinski definition) is 6. The molecule has 1 unspecified atom stereocenters. The number of nitrogens with one attached hydrogen (secondary N) is 1. The van der Waals surface area contributed by atoms with E-state index in [1.807, 2.05) is 0 Å². The second-order valence-corrected chi connectivity index (χ2v) is 7.68. The van der Waals surface area contributed by atoms with Gasteiger partial charge in [-0.25, -0.2) is 9.97 Å². The van der Waals surface area contributed by atoms with E-state index < -0.39 is 0 Å². The molecule has 6 nitrogen and oxygen atoms in total. The van der Waals surface area contributed by atoms with E-state index in [9.17, 15) is 5.11 Å². The van der Waals surface area contributed by atoms with Gasteiger partial charge in [0.2, 0.25) is 0 Å². The standard InChI is InChI=1S/C21H29N5O/c1-16-4-2-5-18(12-16)24-17-7-10-25(11-8-17)20-13-21(23-15-22-20)26-9-3-6-19(26)14-27/h2,4-5,12-13,15,17,19,24,27H,3,6-11,14H2,1H3. The predicted molar refractivity (Wildman–Crippen MR) is 110 cm³/mol. The third kappa shape index (κ3) is 4.16. The van der Waals surface area contributed by atoms with Crippen LogP contribution in [0.1, 0.15) is 31.2 Å². The Bertz CT molecular complexity index is 760. The third-order valence-corrected chi connectivity index (χ3v) is 5.73. The second kappa shape index (κ2) is 8.13. The molecular formula is C21H29N5O. The Labute approximate surface area is 161 Å². The first-order valence-electron chi connectivity index (χ1n) is 10.0. The van der Waals surface area contributed by atoms with E-state index in [4.69, 9.17) is 0 Å². The number of aliphatic hydroxyl groups is 1. The van der Waals surface area contributed by atoms with Gasteiger partial charge in [-0.15, -0.1) is 0 Å². The lowest BCUT2D eigenvalue weighted by Gasteiger charge is -2.34. The Morgan fingerprint density at radius 3 is 2.67 bits per heavy atom. The maximum absolute atomic E-state index is 9.58. The number of benzene rings is 1. The zero-order valence-corrected chi connectivity index (χ0v) is 16.0. The van der Waals surface area contributed by atoms with E-state index in [0.717, 1.165) is 57.0 Å². The van der Waals surface area contributed by atoms with Crippen LogP contribution < -0.4 is 15.1 Å². The highest BCUT2D eigenvalue weighted by Gasteiger charge is 2.26. The molecule has 2 saturated heterocycles. The lowest BCUT2D eigenvalue weighted by atomic mass is 10.0. The molecule has 0 radical (unpaired) electrons. The highest BCUT2D eigenvalue weighted by Crippen LogP contribution is 2.27. The first kappa shape index (κ1) is 18.0. The summed E-state index contributed by atoms with van der Waals surface area (Å²) in [4.78, 5) is 13.5. The topological polar surface area (TPSA) is 64.5 Å². The fraction of sp³-hybridized carbons (Fsp3) is 0.524. The highest BCUT2D eigenvalue weighted by molar-refractivity contribution is 5.52. The number of aromatic nitrogens is 2. The molecule has 4 rings (SSSR count). The van der Waals surface area contributed by atoms with Gasteiger partial charge in [0.05, 0.1) is 12.6 Å². The average molecular weight is 367 g/mol. The van der Waals surface area contributed by atoms with Gasteiger partial charge in [-0.1, -0.05) is 12.1 Å². The Hall–Kier alpha value is -2.34. The van der Waals surface area contributed by atoms with Gasteiger partial charge in [0, 0.05) is 37.4 Å². The first-order valence-corrected chi connectivity index (χ1v) is 10.0. The molecule has 2 aromatic rings. The summed E-state index contributed by atoms with van der Waals surface area (Å²) in [5.74, 6) is 1.94. The van der Waals surface area contributed by atoms with Crippen molar-refractivity contribution >= 4 is 17.3 Å². The molecular weight excluding hydrogens is 338 g/mol. The Kier molecular flexibility index (Phi) is 5.43. The summed E-state index contributed by atoms with van der Waals surface area (Å²) < 4.78 is 0. The Morgan fingerprint density at radius 2 is 1.89 bits per heavy atom. The third-order valence-electron chi connectivity index (χ3n) is 5.73. The van der Waals surface area contributed by atoms with Crippen molar-refractivity contribution in [2.45, 2.75) is 44.7 Å². The molecule has 2 fully saturated rings. The number of anilines is 3. The lowest BCUT2D eigenvalue weighted by Crippen LogP contribution is -2.40. The molecule has 0 amide bonds. The van der Waals surface area contributed by atoms with Gasteiger partial charge in [-0.2, -0.15) is 0 Å². The van der Waals surface area contributed by atoms with Crippen LogP contribution >= 0.6 is 0 Å². The normalized spacial score (nSPS) is 20.9. The Morgan fingerprint density at radius 1 is 1.07 bits per heavy atom. The van der Waals surface area contributed by atoms with Crippen LogP contribution in [-0.2, 0) is 0 Å². The number of aliphatic hydroxyl groups excluding tert-OH is 1. The SMILES string of the molecule is Cc1cccc(NC2CCN(c3cc(N4CCCC4CO)ncn3)CC2)c1. The van der Waals surface area contributed by atoms with Crippen LogP contribution in [0.3, 0.4) is 0 Å². The van der Waals surface area contributed by atoms with E-state index in [1.54, 1.807) is 6.33 Å². The summed E-state index contributed by atoms with van der Waals surface area (Å²) in [5.41, 5.74) is 2.50. The van der Waals surface area contributed by atoms with Gasteiger partial charge in [0.15, 0.2) is 0 Å². The van der Waals surface area contributed by atoms with Crippen molar-refractivity contribution in [3.05, 3.63) is 42.2 Å². The number of aryl methyl sites for hydroxylation is 1. The summed E-state index contributed by atoms with van der Waals surface area (Å²) in [6, 6.07) is 11.4. The molecule has 0 spiro atoms. The zero-order valence-electron chi connectivity index (χ0n) is 16.0. The van der Waals surface area contributed by atoms with Crippen LogP contribution in [0.25, 0.3) is 0 Å². The summed E-state index contributed by atoms with van der Waals surface area (Å²) in [7, 11) is 0. The minimum Gasteiger partial charge on any atom is -0.394 e. The van der Waals surface area contributed by atoms with Crippen molar-refractivity contribution in [1.82, 2.24) is 9.97 Å². The largest absolute Gasteiger partial charge is 0.394 e. The van der Waals surface area contributed by atoms with Gasteiger partial charge < -0.3 is 20.2 Å². The van der Waals surface area contributed by atoms with E-state index in [-0.39, 0.29) is 12.6 Å². The van der Waals surface area contributed by atoms with E-state index in [1.165, 1.54) is 11.3 Å². The molecule has 0 saturated carbocycles. The molecule has 27 heavy (non-hydrogen) atoms. The summed E-state index contributed by atoms with van der Waals surface area (Å²) in [6.07, 6.45) is 5.99. The molecule has 1 atom stereocenters. The van der Waals surface area contributed by atoms with Gasteiger partial charge in [-0.05, 0) is 50.3 Å². The maximum Gasteiger partial charge on any atom is 0.134 e. The number of rotatable bonds is 5. The smallest absolute Gasteiger partial charge is 0.134 e. The average Bonchev–Trinajstić information content (AvgIpc) is 3.18. The van der Waals surface area contributed by atoms with Gasteiger partial charge >= 0.3 is 0 Å². The fourth-order valence-corrected chi connectivity index (χ4v) is 4.22. The van der Waals surface area contributed by atoms with Crippen molar-refractivity contribution in [3.8, 4) is 0 Å². The van der Waals surface area contributed by atoms with Crippen LogP contribution in [0.15, 0.2) is 36.7 Å². The number of hydrogen-bond donors (Lipinski definition) is 2. The first-order chi connectivity index (χ1) is 13.2. The van der Waals surface area contributed by atoms with Gasteiger partial charge in [0.25, 0.3) is 0 Å². The molecule has 0 aliphatic carbocycles. The minimum absolute atomic E-state index is 0.190. The van der Waals surface area contributed by atoms with Crippen molar-refractivity contribution < 1.29 is 5.11 Å². The predicted octanol–water partition coefficient (Wildman–Crippen LogP) is 2.83. The molecule has 1 aromatic heterocycles. The summed E-state index contributed by atoms with van der Waals surface area (Å²) in [5, 5.41) is 13.2. The highest BCUT2D eigenvalue weighted by atomic mass is 16.3. The zero-order chi connectivity index (χ0) is 18.6. The van der Waals surface area contributed by atoms with E-state index in [2.05, 4.69) is 62.3 Å². The fourth-order valence-electron chi connectivity index (χ4n) is 4.22. The quantitative estimate of drug-likeness (QED) is 0.847. The van der Waals surface area contributed by atoms with Gasteiger partial charge in [0.1, 0.15) is 18.0 Å². The van der Waals surface area contributed by atoms with Crippen molar-refractivity contribution in [3.63, 3.8) is 0 Å². The second-order valence-electron chi connectivity index (χ2n) is 7.68. The van der Waals surface area contributed by atoms with Gasteiger partial charge in [-0.3, -0.25) is 0 Å². The van der Waals surface area contributed by atoms with Crippen LogP contribution in [0, 0.1) is 6.92 Å². The van der Waals surface area contributed by atoms with Crippen LogP contribution in [0.5, 0.6) is 0 Å². The molecule has 3 heterocycles. The van der Waals surface area contributed by atoms with Crippen molar-refractivity contribution in [2.75, 3.05) is 41.4 Å². The minimum atomic E-state index is 0.190. The monoisotopic (exact) mass is 367 g/mol. The molecule has 144 valence electrons. The van der Waals surface area contributed by atoms with E-state index >= 15 is 0 Å². The van der Waals surface area contributed by atoms with Crippen molar-refractivity contribution in [2.24, 2.45) is 0 Å². The molecule has 2 aliphatic heterocycles. The number of piperidine rings is 1. The molecule has 2 N–H and O–H groups in total. The molecule has 0 bridgehead atoms. The maximum atomic E-state index is 9.58. The van der Waals surface area contributed by atoms with Crippen LogP contribution in [0.2, 0.25) is 0 Å². The Balaban J connectivity index is 1.37. The van der Waals surface area contributed by atoms with E-state index in [0.29, 0.717) is 6.04 Å².